The van der Waals surface area contributed by atoms with E-state index in [0.717, 1.165) is 25.2 Å². The van der Waals surface area contributed by atoms with Crippen LogP contribution in [-0.4, -0.2) is 33.8 Å². The van der Waals surface area contributed by atoms with Gasteiger partial charge in [-0.2, -0.15) is 0 Å². The maximum absolute atomic E-state index is 11.7. The number of rotatable bonds is 7. The van der Waals surface area contributed by atoms with Crippen molar-refractivity contribution in [3.63, 3.8) is 0 Å². The number of carbonyl (C=O) groups excluding carboxylic acids is 1. The fourth-order valence-corrected chi connectivity index (χ4v) is 2.12. The third kappa shape index (κ3) is 3.96. The molecule has 112 valence electrons. The highest BCUT2D eigenvalue weighted by atomic mass is 16.3. The van der Waals surface area contributed by atoms with Crippen molar-refractivity contribution in [2.24, 2.45) is 11.3 Å². The number of nitrogens with one attached hydrogen (secondary N) is 2. The summed E-state index contributed by atoms with van der Waals surface area (Å²) in [6.45, 7) is 6.29. The fraction of sp³-hybridized carbons (Fsp3) is 0.714. The second kappa shape index (κ2) is 6.26. The number of nitrogens with zero attached hydrogens (tertiary/aromatic N) is 2. The summed E-state index contributed by atoms with van der Waals surface area (Å²) in [4.78, 5) is 16.0. The van der Waals surface area contributed by atoms with Crippen molar-refractivity contribution in [2.75, 3.05) is 13.2 Å². The lowest BCUT2D eigenvalue weighted by molar-refractivity contribution is 0.203. The monoisotopic (exact) mass is 280 g/mol. The zero-order valence-electron chi connectivity index (χ0n) is 12.2. The number of aliphatic hydroxyl groups excluding tert-OH is 1. The summed E-state index contributed by atoms with van der Waals surface area (Å²) in [6, 6.07) is -0.205. The van der Waals surface area contributed by atoms with Crippen LogP contribution in [0.5, 0.6) is 0 Å². The second-order valence-electron chi connectivity index (χ2n) is 6.08. The van der Waals surface area contributed by atoms with Crippen LogP contribution in [0.1, 0.15) is 32.5 Å². The van der Waals surface area contributed by atoms with Crippen LogP contribution in [0, 0.1) is 11.3 Å². The van der Waals surface area contributed by atoms with Crippen LogP contribution in [0.4, 0.5) is 4.79 Å². The SMILES string of the molecule is CC(C)Cn1ccnc1CNC(=O)NCC1(CO)CC1. The van der Waals surface area contributed by atoms with E-state index in [0.29, 0.717) is 19.0 Å². The molecule has 0 radical (unpaired) electrons. The molecular formula is C14H24N4O2. The normalized spacial score (nSPS) is 16.2. The van der Waals surface area contributed by atoms with Gasteiger partial charge in [0.25, 0.3) is 0 Å². The number of aromatic nitrogens is 2. The first-order valence-corrected chi connectivity index (χ1v) is 7.17. The van der Waals surface area contributed by atoms with Gasteiger partial charge in [-0.05, 0) is 18.8 Å². The van der Waals surface area contributed by atoms with Gasteiger partial charge in [0.05, 0.1) is 13.2 Å². The van der Waals surface area contributed by atoms with Crippen LogP contribution in [0.3, 0.4) is 0 Å². The third-order valence-corrected chi connectivity index (χ3v) is 3.69. The van der Waals surface area contributed by atoms with Crippen LogP contribution >= 0.6 is 0 Å². The molecule has 6 heteroatoms. The van der Waals surface area contributed by atoms with Crippen molar-refractivity contribution in [2.45, 2.75) is 39.8 Å². The van der Waals surface area contributed by atoms with E-state index >= 15 is 0 Å². The Bertz CT molecular complexity index is 452. The molecule has 0 atom stereocenters. The predicted molar refractivity (Wildman–Crippen MR) is 76.1 cm³/mol. The van der Waals surface area contributed by atoms with Gasteiger partial charge in [0, 0.05) is 30.9 Å². The number of carbonyl (C=O) groups is 1. The Morgan fingerprint density at radius 3 is 2.85 bits per heavy atom. The number of hydrogen-bond acceptors (Lipinski definition) is 3. The molecule has 2 rings (SSSR count). The van der Waals surface area contributed by atoms with Crippen molar-refractivity contribution in [1.82, 2.24) is 20.2 Å². The van der Waals surface area contributed by atoms with Crippen LogP contribution < -0.4 is 10.6 Å². The average Bonchev–Trinajstić information content (AvgIpc) is 3.08. The summed E-state index contributed by atoms with van der Waals surface area (Å²) in [5.74, 6) is 1.40. The van der Waals surface area contributed by atoms with Gasteiger partial charge in [-0.3, -0.25) is 0 Å². The summed E-state index contributed by atoms with van der Waals surface area (Å²) in [5, 5.41) is 14.8. The molecule has 1 heterocycles. The number of imidazole rings is 1. The molecule has 0 spiro atoms. The van der Waals surface area contributed by atoms with Gasteiger partial charge in [-0.1, -0.05) is 13.8 Å². The standard InChI is InChI=1S/C14H24N4O2/c1-11(2)8-18-6-5-15-12(18)7-16-13(20)17-9-14(10-19)3-4-14/h5-6,11,19H,3-4,7-10H2,1-2H3,(H2,16,17,20). The smallest absolute Gasteiger partial charge is 0.315 e. The Kier molecular flexibility index (Phi) is 4.65. The minimum Gasteiger partial charge on any atom is -0.396 e. The Labute approximate surface area is 119 Å². The maximum Gasteiger partial charge on any atom is 0.315 e. The zero-order valence-corrected chi connectivity index (χ0v) is 12.2. The van der Waals surface area contributed by atoms with Crippen LogP contribution in [0.25, 0.3) is 0 Å². The van der Waals surface area contributed by atoms with E-state index in [1.54, 1.807) is 6.20 Å². The molecule has 3 N–H and O–H groups in total. The van der Waals surface area contributed by atoms with E-state index in [2.05, 4.69) is 34.0 Å². The molecule has 0 aliphatic heterocycles. The zero-order chi connectivity index (χ0) is 14.6. The topological polar surface area (TPSA) is 79.2 Å². The lowest BCUT2D eigenvalue weighted by Crippen LogP contribution is -2.39. The molecule has 1 aliphatic carbocycles. The van der Waals surface area contributed by atoms with E-state index in [4.69, 9.17) is 0 Å². The minimum atomic E-state index is -0.205. The average molecular weight is 280 g/mol. The quantitative estimate of drug-likeness (QED) is 0.700. The molecule has 0 saturated heterocycles. The highest BCUT2D eigenvalue weighted by Gasteiger charge is 2.42. The first-order valence-electron chi connectivity index (χ1n) is 7.17. The third-order valence-electron chi connectivity index (χ3n) is 3.69. The molecule has 0 bridgehead atoms. The highest BCUT2D eigenvalue weighted by molar-refractivity contribution is 5.73. The summed E-state index contributed by atoms with van der Waals surface area (Å²) < 4.78 is 2.06. The Balaban J connectivity index is 1.74. The molecule has 1 aromatic heterocycles. The lowest BCUT2D eigenvalue weighted by atomic mass is 10.1. The number of amides is 2. The van der Waals surface area contributed by atoms with Gasteiger partial charge in [0.15, 0.2) is 0 Å². The molecule has 0 unspecified atom stereocenters. The summed E-state index contributed by atoms with van der Waals surface area (Å²) in [7, 11) is 0. The summed E-state index contributed by atoms with van der Waals surface area (Å²) >= 11 is 0. The van der Waals surface area contributed by atoms with Crippen LogP contribution in [-0.2, 0) is 13.1 Å². The number of hydrogen-bond donors (Lipinski definition) is 3. The molecule has 1 aromatic rings. The van der Waals surface area contributed by atoms with E-state index in [-0.39, 0.29) is 18.1 Å². The molecular weight excluding hydrogens is 256 g/mol. The molecule has 2 amide bonds. The van der Waals surface area contributed by atoms with E-state index in [1.165, 1.54) is 0 Å². The van der Waals surface area contributed by atoms with Gasteiger partial charge in [0.2, 0.25) is 0 Å². The predicted octanol–water partition coefficient (Wildman–Crippen LogP) is 1.11. The van der Waals surface area contributed by atoms with Crippen molar-refractivity contribution >= 4 is 6.03 Å². The number of urea groups is 1. The first kappa shape index (κ1) is 14.8. The Morgan fingerprint density at radius 2 is 2.25 bits per heavy atom. The van der Waals surface area contributed by atoms with E-state index in [9.17, 15) is 9.90 Å². The van der Waals surface area contributed by atoms with Crippen molar-refractivity contribution in [3.8, 4) is 0 Å². The van der Waals surface area contributed by atoms with E-state index in [1.807, 2.05) is 6.20 Å². The number of aliphatic hydroxyl groups is 1. The van der Waals surface area contributed by atoms with Gasteiger partial charge < -0.3 is 20.3 Å². The summed E-state index contributed by atoms with van der Waals surface area (Å²) in [5.41, 5.74) is -0.0621. The van der Waals surface area contributed by atoms with Crippen molar-refractivity contribution in [1.29, 1.82) is 0 Å². The van der Waals surface area contributed by atoms with Crippen LogP contribution in [0.2, 0.25) is 0 Å². The van der Waals surface area contributed by atoms with Crippen LogP contribution in [0.15, 0.2) is 12.4 Å². The second-order valence-corrected chi connectivity index (χ2v) is 6.08. The van der Waals surface area contributed by atoms with E-state index < -0.39 is 0 Å². The molecule has 1 aliphatic rings. The van der Waals surface area contributed by atoms with Gasteiger partial charge in [0.1, 0.15) is 5.82 Å². The minimum absolute atomic E-state index is 0.0621. The highest BCUT2D eigenvalue weighted by Crippen LogP contribution is 2.44. The van der Waals surface area contributed by atoms with Crippen molar-refractivity contribution in [3.05, 3.63) is 18.2 Å². The maximum atomic E-state index is 11.7. The molecule has 20 heavy (non-hydrogen) atoms. The molecule has 1 saturated carbocycles. The Morgan fingerprint density at radius 1 is 1.50 bits per heavy atom. The largest absolute Gasteiger partial charge is 0.396 e. The van der Waals surface area contributed by atoms with Gasteiger partial charge in [-0.15, -0.1) is 0 Å². The molecule has 6 nitrogen and oxygen atoms in total. The van der Waals surface area contributed by atoms with Gasteiger partial charge in [-0.25, -0.2) is 9.78 Å². The summed E-state index contributed by atoms with van der Waals surface area (Å²) in [6.07, 6.45) is 5.66. The van der Waals surface area contributed by atoms with Gasteiger partial charge >= 0.3 is 6.03 Å². The lowest BCUT2D eigenvalue weighted by Gasteiger charge is -2.14. The Hall–Kier alpha value is -1.56. The molecule has 1 fully saturated rings. The fourth-order valence-electron chi connectivity index (χ4n) is 2.12. The first-order chi connectivity index (χ1) is 9.54. The molecule has 0 aromatic carbocycles. The van der Waals surface area contributed by atoms with Crippen molar-refractivity contribution < 1.29 is 9.90 Å².